The summed E-state index contributed by atoms with van der Waals surface area (Å²) in [5.41, 5.74) is 7.37. The lowest BCUT2D eigenvalue weighted by Crippen LogP contribution is -2.02. The molecule has 6 heterocycles. The minimum atomic E-state index is 0.335. The lowest BCUT2D eigenvalue weighted by molar-refractivity contribution is 1.06. The van der Waals surface area contributed by atoms with Gasteiger partial charge in [0.25, 0.3) is 0 Å². The van der Waals surface area contributed by atoms with Crippen LogP contribution in [0.1, 0.15) is 23.6 Å². The number of pyridine rings is 5. The predicted molar refractivity (Wildman–Crippen MR) is 182 cm³/mol. The molecule has 0 fully saturated rings. The van der Waals surface area contributed by atoms with Crippen molar-refractivity contribution in [2.75, 3.05) is 0 Å². The van der Waals surface area contributed by atoms with E-state index in [9.17, 15) is 15.8 Å². The molecule has 0 aliphatic carbocycles. The van der Waals surface area contributed by atoms with E-state index in [0.717, 1.165) is 22.3 Å². The molecule has 49 heavy (non-hydrogen) atoms. The van der Waals surface area contributed by atoms with Crippen molar-refractivity contribution in [3.05, 3.63) is 127 Å². The van der Waals surface area contributed by atoms with Crippen molar-refractivity contribution < 1.29 is 0 Å². The Hall–Kier alpha value is -7.62. The second-order valence-electron chi connectivity index (χ2n) is 10.5. The van der Waals surface area contributed by atoms with Crippen molar-refractivity contribution in [1.29, 1.82) is 15.8 Å². The fourth-order valence-electron chi connectivity index (χ4n) is 4.81. The van der Waals surface area contributed by atoms with Crippen molar-refractivity contribution in [3.8, 4) is 74.6 Å². The molecule has 6 aromatic heterocycles. The fourth-order valence-corrected chi connectivity index (χ4v) is 4.81. The molecule has 6 aromatic rings. The van der Waals surface area contributed by atoms with E-state index < -0.39 is 0 Å². The molecule has 0 bridgehead atoms. The van der Waals surface area contributed by atoms with Gasteiger partial charge in [-0.3, -0.25) is 29.9 Å². The monoisotopic (exact) mass is 634 g/mol. The summed E-state index contributed by atoms with van der Waals surface area (Å²) >= 11 is 0. The van der Waals surface area contributed by atoms with Gasteiger partial charge >= 0.3 is 0 Å². The van der Waals surface area contributed by atoms with Gasteiger partial charge in [-0.25, -0.2) is 15.0 Å². The van der Waals surface area contributed by atoms with Crippen LogP contribution in [0.5, 0.6) is 0 Å². The first kappa shape index (κ1) is 31.4. The smallest absolute Gasteiger partial charge is 0.165 e. The zero-order chi connectivity index (χ0) is 34.2. The number of aliphatic imine (C=N–C) groups is 1. The Morgan fingerprint density at radius 2 is 0.980 bits per heavy atom. The van der Waals surface area contributed by atoms with E-state index in [1.807, 2.05) is 25.1 Å². The highest BCUT2D eigenvalue weighted by atomic mass is 15.0. The van der Waals surface area contributed by atoms with Crippen LogP contribution in [0.2, 0.25) is 0 Å². The molecule has 0 spiro atoms. The van der Waals surface area contributed by atoms with Crippen LogP contribution in [0.4, 0.5) is 0 Å². The predicted octanol–water partition coefficient (Wildman–Crippen LogP) is 6.44. The van der Waals surface area contributed by atoms with Gasteiger partial charge in [0.1, 0.15) is 18.2 Å². The fraction of sp³-hybridized carbons (Fsp3) is 0.0270. The average Bonchev–Trinajstić information content (AvgIpc) is 3.17. The molecule has 0 saturated carbocycles. The molecule has 0 saturated heterocycles. The van der Waals surface area contributed by atoms with Crippen molar-refractivity contribution in [3.63, 3.8) is 0 Å². The Morgan fingerprint density at radius 3 is 1.43 bits per heavy atom. The van der Waals surface area contributed by atoms with Gasteiger partial charge in [0.05, 0.1) is 16.7 Å². The molecule has 0 aliphatic rings. The summed E-state index contributed by atoms with van der Waals surface area (Å²) in [6.45, 7) is 5.29. The molecule has 0 N–H and O–H groups in total. The SMILES string of the molecule is C=N/C=C(C#N)\C=C(/C)c1cncc(-c2nc(-c3cncc(-c4cncc(C#N)c4)c3)nc(-c3cncc(-c4cncc(C#N)c4)c3)n2)c1. The Morgan fingerprint density at radius 1 is 0.571 bits per heavy atom. The minimum absolute atomic E-state index is 0.335. The molecular weight excluding hydrogens is 612 g/mol. The molecule has 0 unspecified atom stereocenters. The molecule has 0 aromatic carbocycles. The van der Waals surface area contributed by atoms with Crippen molar-refractivity contribution >= 4 is 12.3 Å². The van der Waals surface area contributed by atoms with E-state index in [2.05, 4.69) is 54.8 Å². The summed E-state index contributed by atoms with van der Waals surface area (Å²) in [5.74, 6) is 1.01. The molecule has 0 aliphatic heterocycles. The third-order valence-corrected chi connectivity index (χ3v) is 7.21. The lowest BCUT2D eigenvalue weighted by atomic mass is 10.0. The highest BCUT2D eigenvalue weighted by Gasteiger charge is 2.16. The van der Waals surface area contributed by atoms with Gasteiger partial charge in [-0.1, -0.05) is 0 Å². The molecule has 0 atom stereocenters. The standard InChI is InChI=1S/C37H22N12/c1-23(3-24(9-38)12-41-2)27-6-32(20-44-15-27)35-47-36(33-7-30(18-45-21-33)28-4-25(10-39)13-42-16-28)49-37(48-35)34-8-31(19-46-22-34)29-5-26(11-40)14-43-17-29/h3-8,12-22H,2H2,1H3/b23-3+,24-12+. The van der Waals surface area contributed by atoms with Crippen LogP contribution in [0.25, 0.3) is 62.0 Å². The molecule has 12 heteroatoms. The topological polar surface area (TPSA) is 187 Å². The zero-order valence-electron chi connectivity index (χ0n) is 25.9. The normalized spacial score (nSPS) is 11.2. The molecule has 0 amide bonds. The van der Waals surface area contributed by atoms with Crippen molar-refractivity contribution in [2.45, 2.75) is 6.92 Å². The van der Waals surface area contributed by atoms with Crippen LogP contribution in [0, 0.1) is 34.0 Å². The Labute approximate surface area is 280 Å². The third kappa shape index (κ3) is 7.12. The zero-order valence-corrected chi connectivity index (χ0v) is 25.9. The summed E-state index contributed by atoms with van der Waals surface area (Å²) in [4.78, 5) is 39.9. The molecule has 230 valence electrons. The van der Waals surface area contributed by atoms with Gasteiger partial charge in [-0.05, 0) is 61.2 Å². The van der Waals surface area contributed by atoms with Crippen LogP contribution in [-0.2, 0) is 0 Å². The van der Waals surface area contributed by atoms with Crippen LogP contribution < -0.4 is 0 Å². The first-order valence-corrected chi connectivity index (χ1v) is 14.6. The molecule has 12 nitrogen and oxygen atoms in total. The highest BCUT2D eigenvalue weighted by Crippen LogP contribution is 2.30. The van der Waals surface area contributed by atoms with Gasteiger partial charge in [-0.15, -0.1) is 0 Å². The number of allylic oxidation sites excluding steroid dienone is 3. The van der Waals surface area contributed by atoms with Crippen molar-refractivity contribution in [1.82, 2.24) is 39.9 Å². The summed E-state index contributed by atoms with van der Waals surface area (Å²) < 4.78 is 0. The number of hydrogen-bond acceptors (Lipinski definition) is 12. The van der Waals surface area contributed by atoms with E-state index >= 15 is 0 Å². The third-order valence-electron chi connectivity index (χ3n) is 7.21. The summed E-state index contributed by atoms with van der Waals surface area (Å²) in [6.07, 6.45) is 19.4. The van der Waals surface area contributed by atoms with E-state index in [1.165, 1.54) is 18.6 Å². The Balaban J connectivity index is 1.50. The van der Waals surface area contributed by atoms with Gasteiger partial charge in [-0.2, -0.15) is 15.8 Å². The maximum Gasteiger partial charge on any atom is 0.165 e. The van der Waals surface area contributed by atoms with E-state index in [0.29, 0.717) is 62.0 Å². The number of rotatable bonds is 8. The van der Waals surface area contributed by atoms with Crippen LogP contribution >= 0.6 is 0 Å². The Bertz CT molecular complexity index is 2310. The van der Waals surface area contributed by atoms with Gasteiger partial charge in [0, 0.05) is 107 Å². The summed E-state index contributed by atoms with van der Waals surface area (Å²) in [7, 11) is 0. The van der Waals surface area contributed by atoms with E-state index in [-0.39, 0.29) is 0 Å². The second-order valence-corrected chi connectivity index (χ2v) is 10.5. The van der Waals surface area contributed by atoms with Gasteiger partial charge in [0.2, 0.25) is 0 Å². The molecule has 0 radical (unpaired) electrons. The van der Waals surface area contributed by atoms with Crippen molar-refractivity contribution in [2.24, 2.45) is 4.99 Å². The Kier molecular flexibility index (Phi) is 9.10. The largest absolute Gasteiger partial charge is 0.271 e. The minimum Gasteiger partial charge on any atom is -0.271 e. The highest BCUT2D eigenvalue weighted by molar-refractivity contribution is 5.75. The lowest BCUT2D eigenvalue weighted by Gasteiger charge is -2.11. The first-order chi connectivity index (χ1) is 24.0. The summed E-state index contributed by atoms with van der Waals surface area (Å²) in [5, 5.41) is 28.2. The first-order valence-electron chi connectivity index (χ1n) is 14.6. The van der Waals surface area contributed by atoms with E-state index in [1.54, 1.807) is 67.8 Å². The number of nitriles is 3. The van der Waals surface area contributed by atoms with Gasteiger partial charge in [0.15, 0.2) is 17.5 Å². The summed E-state index contributed by atoms with van der Waals surface area (Å²) in [6, 6.07) is 15.4. The number of nitrogens with zero attached hydrogens (tertiary/aromatic N) is 12. The maximum atomic E-state index is 9.46. The maximum absolute atomic E-state index is 9.46. The second kappa shape index (κ2) is 14.2. The quantitative estimate of drug-likeness (QED) is 0.102. The molecular formula is C37H22N12. The van der Waals surface area contributed by atoms with Gasteiger partial charge < -0.3 is 0 Å². The van der Waals surface area contributed by atoms with Crippen LogP contribution in [-0.4, -0.2) is 46.6 Å². The van der Waals surface area contributed by atoms with E-state index in [4.69, 9.17) is 15.0 Å². The number of hydrogen-bond donors (Lipinski definition) is 0. The number of aromatic nitrogens is 8. The van der Waals surface area contributed by atoms with Crippen LogP contribution in [0.3, 0.4) is 0 Å². The molecule has 6 rings (SSSR count). The van der Waals surface area contributed by atoms with Crippen LogP contribution in [0.15, 0.2) is 115 Å². The average molecular weight is 635 g/mol.